The number of fused-ring (bicyclic) bond motifs is 1. The minimum Gasteiger partial charge on any atom is -0.490 e. The molecule has 2 aromatic rings. The van der Waals surface area contributed by atoms with Crippen molar-refractivity contribution in [1.29, 1.82) is 0 Å². The Kier molecular flexibility index (Phi) is 6.67. The molecule has 1 aromatic heterocycles. The molecule has 0 aliphatic carbocycles. The molecule has 1 amide bonds. The van der Waals surface area contributed by atoms with Crippen molar-refractivity contribution in [3.8, 4) is 5.75 Å². The predicted molar refractivity (Wildman–Crippen MR) is 102 cm³/mol. The molecular weight excluding hydrogens is 348 g/mol. The van der Waals surface area contributed by atoms with Crippen LogP contribution >= 0.6 is 0 Å². The SMILES string of the molecule is CCN(C(=O)COCCOC)c1ccc2c(c1)N(Cc1c[nH]cn1)CCO2. The van der Waals surface area contributed by atoms with E-state index in [9.17, 15) is 4.79 Å². The molecule has 8 nitrogen and oxygen atoms in total. The van der Waals surface area contributed by atoms with Gasteiger partial charge >= 0.3 is 0 Å². The van der Waals surface area contributed by atoms with Gasteiger partial charge in [0, 0.05) is 25.5 Å². The van der Waals surface area contributed by atoms with E-state index in [1.165, 1.54) is 0 Å². The molecule has 1 aliphatic rings. The highest BCUT2D eigenvalue weighted by molar-refractivity contribution is 5.95. The molecule has 0 fully saturated rings. The van der Waals surface area contributed by atoms with Crippen LogP contribution < -0.4 is 14.5 Å². The Hall–Kier alpha value is -2.58. The third-order valence-electron chi connectivity index (χ3n) is 4.40. The van der Waals surface area contributed by atoms with Gasteiger partial charge in [-0.2, -0.15) is 0 Å². The van der Waals surface area contributed by atoms with Crippen molar-refractivity contribution in [2.45, 2.75) is 13.5 Å². The summed E-state index contributed by atoms with van der Waals surface area (Å²) in [7, 11) is 1.60. The van der Waals surface area contributed by atoms with Gasteiger partial charge in [0.15, 0.2) is 0 Å². The molecule has 0 bridgehead atoms. The van der Waals surface area contributed by atoms with Crippen molar-refractivity contribution >= 4 is 17.3 Å². The van der Waals surface area contributed by atoms with Crippen molar-refractivity contribution in [2.75, 3.05) is 56.4 Å². The molecule has 0 spiro atoms. The van der Waals surface area contributed by atoms with Gasteiger partial charge in [0.2, 0.25) is 0 Å². The number of methoxy groups -OCH3 is 1. The zero-order valence-electron chi connectivity index (χ0n) is 15.8. The molecule has 0 saturated carbocycles. The maximum Gasteiger partial charge on any atom is 0.252 e. The molecule has 3 rings (SSSR count). The van der Waals surface area contributed by atoms with Crippen molar-refractivity contribution in [3.05, 3.63) is 36.4 Å². The number of hydrogen-bond acceptors (Lipinski definition) is 6. The number of likely N-dealkylation sites (N-methyl/N-ethyl adjacent to an activating group) is 1. The van der Waals surface area contributed by atoms with Gasteiger partial charge in [-0.25, -0.2) is 4.98 Å². The van der Waals surface area contributed by atoms with Crippen molar-refractivity contribution in [2.24, 2.45) is 0 Å². The Bertz CT molecular complexity index is 735. The van der Waals surface area contributed by atoms with Crippen LogP contribution in [-0.4, -0.2) is 62.5 Å². The van der Waals surface area contributed by atoms with Crippen LogP contribution in [0.25, 0.3) is 0 Å². The summed E-state index contributed by atoms with van der Waals surface area (Å²) in [5.74, 6) is 0.740. The van der Waals surface area contributed by atoms with Crippen LogP contribution in [0.1, 0.15) is 12.6 Å². The molecular formula is C19H26N4O4. The van der Waals surface area contributed by atoms with Crippen LogP contribution in [0.2, 0.25) is 0 Å². The first-order valence-corrected chi connectivity index (χ1v) is 9.09. The average molecular weight is 374 g/mol. The van der Waals surface area contributed by atoms with Crippen LogP contribution in [0, 0.1) is 0 Å². The number of carbonyl (C=O) groups excluding carboxylic acids is 1. The number of nitrogens with one attached hydrogen (secondary N) is 1. The summed E-state index contributed by atoms with van der Waals surface area (Å²) in [5.41, 5.74) is 2.76. The summed E-state index contributed by atoms with van der Waals surface area (Å²) in [6, 6.07) is 5.83. The molecule has 27 heavy (non-hydrogen) atoms. The minimum absolute atomic E-state index is 0.0295. The number of carbonyl (C=O) groups is 1. The van der Waals surface area contributed by atoms with Crippen molar-refractivity contribution in [3.63, 3.8) is 0 Å². The number of hydrogen-bond donors (Lipinski definition) is 1. The number of aromatic amines is 1. The molecule has 1 N–H and O–H groups in total. The van der Waals surface area contributed by atoms with Crippen LogP contribution in [0.3, 0.4) is 0 Å². The molecule has 0 saturated heterocycles. The fraction of sp³-hybridized carbons (Fsp3) is 0.474. The third kappa shape index (κ3) is 4.78. The summed E-state index contributed by atoms with van der Waals surface area (Å²) in [6.07, 6.45) is 3.56. The number of rotatable bonds is 9. The average Bonchev–Trinajstić information content (AvgIpc) is 3.19. The van der Waals surface area contributed by atoms with Gasteiger partial charge < -0.3 is 29.0 Å². The predicted octanol–water partition coefficient (Wildman–Crippen LogP) is 1.82. The third-order valence-corrected chi connectivity index (χ3v) is 4.40. The highest BCUT2D eigenvalue weighted by Gasteiger charge is 2.22. The maximum atomic E-state index is 12.5. The van der Waals surface area contributed by atoms with E-state index in [0.29, 0.717) is 32.9 Å². The Morgan fingerprint density at radius 3 is 3.04 bits per heavy atom. The van der Waals surface area contributed by atoms with Gasteiger partial charge in [-0.1, -0.05) is 0 Å². The zero-order valence-corrected chi connectivity index (χ0v) is 15.8. The van der Waals surface area contributed by atoms with Crippen LogP contribution in [0.4, 0.5) is 11.4 Å². The van der Waals surface area contributed by atoms with Gasteiger partial charge in [0.25, 0.3) is 5.91 Å². The number of H-pyrrole nitrogens is 1. The van der Waals surface area contributed by atoms with E-state index in [2.05, 4.69) is 14.9 Å². The van der Waals surface area contributed by atoms with E-state index >= 15 is 0 Å². The lowest BCUT2D eigenvalue weighted by Crippen LogP contribution is -2.35. The van der Waals surface area contributed by atoms with Gasteiger partial charge in [-0.15, -0.1) is 0 Å². The molecule has 2 heterocycles. The number of imidazole rings is 1. The summed E-state index contributed by atoms with van der Waals surface area (Å²) in [5, 5.41) is 0. The quantitative estimate of drug-likeness (QED) is 0.675. The lowest BCUT2D eigenvalue weighted by atomic mass is 10.2. The molecule has 1 aromatic carbocycles. The van der Waals surface area contributed by atoms with Crippen LogP contribution in [0.15, 0.2) is 30.7 Å². The first-order chi connectivity index (χ1) is 13.2. The van der Waals surface area contributed by atoms with E-state index in [1.54, 1.807) is 18.3 Å². The highest BCUT2D eigenvalue weighted by atomic mass is 16.5. The number of nitrogens with zero attached hydrogens (tertiary/aromatic N) is 3. The molecule has 0 atom stereocenters. The standard InChI is InChI=1S/C19H26N4O4/c1-3-23(19(24)13-26-9-8-25-2)16-4-5-18-17(10-16)22(6-7-27-18)12-15-11-20-14-21-15/h4-5,10-11,14H,3,6-9,12-13H2,1-2H3,(H,20,21). The number of amides is 1. The topological polar surface area (TPSA) is 79.9 Å². The fourth-order valence-corrected chi connectivity index (χ4v) is 3.05. The zero-order chi connectivity index (χ0) is 19.1. The van der Waals surface area contributed by atoms with Crippen LogP contribution in [-0.2, 0) is 20.8 Å². The van der Waals surface area contributed by atoms with Gasteiger partial charge in [-0.3, -0.25) is 4.79 Å². The highest BCUT2D eigenvalue weighted by Crippen LogP contribution is 2.36. The van der Waals surface area contributed by atoms with E-state index in [4.69, 9.17) is 14.2 Å². The van der Waals surface area contributed by atoms with Gasteiger partial charge in [0.05, 0.1) is 44.0 Å². The van der Waals surface area contributed by atoms with E-state index in [1.807, 2.05) is 31.3 Å². The smallest absolute Gasteiger partial charge is 0.252 e. The van der Waals surface area contributed by atoms with Gasteiger partial charge in [-0.05, 0) is 25.1 Å². The number of benzene rings is 1. The summed E-state index contributed by atoms with van der Waals surface area (Å²) >= 11 is 0. The largest absolute Gasteiger partial charge is 0.490 e. The van der Waals surface area contributed by atoms with E-state index < -0.39 is 0 Å². The van der Waals surface area contributed by atoms with Crippen molar-refractivity contribution in [1.82, 2.24) is 9.97 Å². The maximum absolute atomic E-state index is 12.5. The first kappa shape index (κ1) is 19.2. The van der Waals surface area contributed by atoms with Crippen molar-refractivity contribution < 1.29 is 19.0 Å². The second-order valence-corrected chi connectivity index (χ2v) is 6.17. The molecule has 8 heteroatoms. The van der Waals surface area contributed by atoms with Crippen LogP contribution in [0.5, 0.6) is 5.75 Å². The fourth-order valence-electron chi connectivity index (χ4n) is 3.05. The summed E-state index contributed by atoms with van der Waals surface area (Å²) in [4.78, 5) is 23.8. The summed E-state index contributed by atoms with van der Waals surface area (Å²) in [6.45, 7) is 5.48. The minimum atomic E-state index is -0.0795. The Morgan fingerprint density at radius 1 is 1.41 bits per heavy atom. The van der Waals surface area contributed by atoms with E-state index in [0.717, 1.165) is 29.4 Å². The second-order valence-electron chi connectivity index (χ2n) is 6.17. The number of anilines is 2. The molecule has 1 aliphatic heterocycles. The lowest BCUT2D eigenvalue weighted by Gasteiger charge is -2.32. The first-order valence-electron chi connectivity index (χ1n) is 9.09. The normalized spacial score (nSPS) is 13.2. The Balaban J connectivity index is 1.75. The Labute approximate surface area is 159 Å². The Morgan fingerprint density at radius 2 is 2.30 bits per heavy atom. The van der Waals surface area contributed by atoms with Gasteiger partial charge in [0.1, 0.15) is 19.0 Å². The van der Waals surface area contributed by atoms with E-state index in [-0.39, 0.29) is 12.5 Å². The second kappa shape index (κ2) is 9.38. The number of ether oxygens (including phenoxy) is 3. The summed E-state index contributed by atoms with van der Waals surface area (Å²) < 4.78 is 16.1. The molecule has 0 radical (unpaired) electrons. The monoisotopic (exact) mass is 374 g/mol. The molecule has 0 unspecified atom stereocenters. The molecule has 146 valence electrons. The lowest BCUT2D eigenvalue weighted by molar-refractivity contribution is -0.123. The number of aromatic nitrogens is 2.